The van der Waals surface area contributed by atoms with Gasteiger partial charge in [0, 0.05) is 15.7 Å². The highest BCUT2D eigenvalue weighted by molar-refractivity contribution is 6.43. The van der Waals surface area contributed by atoms with E-state index in [0.717, 1.165) is 0 Å². The second-order valence-corrected chi connectivity index (χ2v) is 5.66. The molecule has 2 aromatic carbocycles. The molecule has 0 aromatic heterocycles. The van der Waals surface area contributed by atoms with Gasteiger partial charge in [0.15, 0.2) is 0 Å². The van der Waals surface area contributed by atoms with Crippen LogP contribution in [0.15, 0.2) is 42.5 Å². The molecule has 5 nitrogen and oxygen atoms in total. The molecule has 0 heterocycles. The second kappa shape index (κ2) is 7.46. The number of carbonyl (C=O) groups is 3. The van der Waals surface area contributed by atoms with Crippen molar-refractivity contribution in [3.05, 3.63) is 63.1 Å². The van der Waals surface area contributed by atoms with Crippen molar-refractivity contribution in [2.75, 3.05) is 5.32 Å². The van der Waals surface area contributed by atoms with Gasteiger partial charge in [0.25, 0.3) is 5.91 Å². The van der Waals surface area contributed by atoms with Crippen LogP contribution in [0, 0.1) is 0 Å². The Kier molecular flexibility index (Phi) is 5.60. The van der Waals surface area contributed by atoms with Crippen LogP contribution in [-0.4, -0.2) is 17.7 Å². The molecule has 0 radical (unpaired) electrons. The largest absolute Gasteiger partial charge is 0.318 e. The van der Waals surface area contributed by atoms with E-state index < -0.39 is 17.7 Å². The molecule has 23 heavy (non-hydrogen) atoms. The Labute approximate surface area is 146 Å². The van der Waals surface area contributed by atoms with Gasteiger partial charge in [-0.15, -0.1) is 0 Å². The molecule has 0 saturated heterocycles. The van der Waals surface area contributed by atoms with E-state index in [2.05, 4.69) is 5.32 Å². The molecule has 2 N–H and O–H groups in total. The summed E-state index contributed by atoms with van der Waals surface area (Å²) in [5.41, 5.74) is 0.314. The summed E-state index contributed by atoms with van der Waals surface area (Å²) in [6, 6.07) is 10.4. The predicted octanol–water partition coefficient (Wildman–Crippen LogP) is 3.54. The van der Waals surface area contributed by atoms with Gasteiger partial charge in [-0.3, -0.25) is 19.7 Å². The van der Waals surface area contributed by atoms with Crippen LogP contribution in [0.4, 0.5) is 5.69 Å². The lowest BCUT2D eigenvalue weighted by Gasteiger charge is -2.07. The minimum absolute atomic E-state index is 0.0844. The minimum Gasteiger partial charge on any atom is -0.318 e. The molecule has 0 unspecified atom stereocenters. The number of anilines is 1. The van der Waals surface area contributed by atoms with Gasteiger partial charge >= 0.3 is 11.8 Å². The van der Waals surface area contributed by atoms with Crippen molar-refractivity contribution in [3.8, 4) is 0 Å². The molecule has 0 spiro atoms. The average molecular weight is 372 g/mol. The Morgan fingerprint density at radius 3 is 2.04 bits per heavy atom. The maximum atomic E-state index is 11.9. The van der Waals surface area contributed by atoms with E-state index in [-0.39, 0.29) is 16.3 Å². The molecule has 2 rings (SSSR count). The summed E-state index contributed by atoms with van der Waals surface area (Å²) < 4.78 is 0. The molecule has 0 saturated carbocycles. The summed E-state index contributed by atoms with van der Waals surface area (Å²) in [6.45, 7) is 0. The van der Waals surface area contributed by atoms with Gasteiger partial charge in [-0.2, -0.15) is 0 Å². The van der Waals surface area contributed by atoms with E-state index in [9.17, 15) is 14.4 Å². The fourth-order valence-electron chi connectivity index (χ4n) is 1.69. The summed E-state index contributed by atoms with van der Waals surface area (Å²) in [6.07, 6.45) is 0. The van der Waals surface area contributed by atoms with Crippen LogP contribution >= 0.6 is 34.8 Å². The zero-order valence-electron chi connectivity index (χ0n) is 11.4. The van der Waals surface area contributed by atoms with E-state index in [1.807, 2.05) is 5.32 Å². The first-order chi connectivity index (χ1) is 10.9. The summed E-state index contributed by atoms with van der Waals surface area (Å²) >= 11 is 17.4. The van der Waals surface area contributed by atoms with Crippen molar-refractivity contribution in [2.24, 2.45) is 0 Å². The predicted molar refractivity (Wildman–Crippen MR) is 89.0 cm³/mol. The summed E-state index contributed by atoms with van der Waals surface area (Å²) in [5, 5.41) is 4.99. The third-order valence-electron chi connectivity index (χ3n) is 2.67. The van der Waals surface area contributed by atoms with Gasteiger partial charge in [0.2, 0.25) is 0 Å². The summed E-state index contributed by atoms with van der Waals surface area (Å²) in [7, 11) is 0. The first-order valence-corrected chi connectivity index (χ1v) is 7.37. The minimum atomic E-state index is -1.13. The molecular weight excluding hydrogens is 363 g/mol. The van der Waals surface area contributed by atoms with E-state index in [0.29, 0.717) is 10.0 Å². The van der Waals surface area contributed by atoms with Crippen molar-refractivity contribution in [2.45, 2.75) is 0 Å². The highest BCUT2D eigenvalue weighted by atomic mass is 35.5. The van der Waals surface area contributed by atoms with E-state index in [1.165, 1.54) is 30.3 Å². The van der Waals surface area contributed by atoms with Crippen molar-refractivity contribution in [1.29, 1.82) is 0 Å². The number of carbonyl (C=O) groups excluding carboxylic acids is 3. The number of rotatable bonds is 2. The van der Waals surface area contributed by atoms with E-state index in [1.54, 1.807) is 12.1 Å². The molecule has 2 aromatic rings. The van der Waals surface area contributed by atoms with E-state index in [4.69, 9.17) is 34.8 Å². The highest BCUT2D eigenvalue weighted by Crippen LogP contribution is 2.22. The standard InChI is InChI=1S/C15H9Cl3N2O3/c16-8-5-9(17)7-10(6-8)19-14(22)15(23)20-13(21)11-3-1-2-4-12(11)18/h1-7H,(H,19,22)(H,20,21,23). The average Bonchev–Trinajstić information content (AvgIpc) is 2.46. The third-order valence-corrected chi connectivity index (χ3v) is 3.44. The van der Waals surface area contributed by atoms with Crippen LogP contribution < -0.4 is 10.6 Å². The van der Waals surface area contributed by atoms with Crippen molar-refractivity contribution < 1.29 is 14.4 Å². The van der Waals surface area contributed by atoms with Gasteiger partial charge in [0.05, 0.1) is 10.6 Å². The van der Waals surface area contributed by atoms with Crippen LogP contribution in [0.3, 0.4) is 0 Å². The normalized spacial score (nSPS) is 10.0. The Morgan fingerprint density at radius 1 is 0.826 bits per heavy atom. The number of hydrogen-bond acceptors (Lipinski definition) is 3. The highest BCUT2D eigenvalue weighted by Gasteiger charge is 2.19. The zero-order chi connectivity index (χ0) is 17.0. The summed E-state index contributed by atoms with van der Waals surface area (Å²) in [5.74, 6) is -2.95. The fraction of sp³-hybridized carbons (Fsp3) is 0. The smallest absolute Gasteiger partial charge is 0.316 e. The lowest BCUT2D eigenvalue weighted by molar-refractivity contribution is -0.135. The maximum absolute atomic E-state index is 11.9. The van der Waals surface area contributed by atoms with Gasteiger partial charge < -0.3 is 5.32 Å². The molecule has 118 valence electrons. The number of benzene rings is 2. The Bertz CT molecular complexity index is 773. The maximum Gasteiger partial charge on any atom is 0.316 e. The first kappa shape index (κ1) is 17.3. The number of amides is 3. The molecular formula is C15H9Cl3N2O3. The van der Waals surface area contributed by atoms with Crippen LogP contribution in [0.5, 0.6) is 0 Å². The SMILES string of the molecule is O=C(NC(=O)c1ccccc1Cl)C(=O)Nc1cc(Cl)cc(Cl)c1. The zero-order valence-corrected chi connectivity index (χ0v) is 13.7. The van der Waals surface area contributed by atoms with Crippen molar-refractivity contribution in [3.63, 3.8) is 0 Å². The first-order valence-electron chi connectivity index (χ1n) is 6.24. The fourth-order valence-corrected chi connectivity index (χ4v) is 2.43. The Hall–Kier alpha value is -2.08. The molecule has 0 bridgehead atoms. The van der Waals surface area contributed by atoms with Gasteiger partial charge in [-0.1, -0.05) is 46.9 Å². The van der Waals surface area contributed by atoms with Gasteiger partial charge in [-0.05, 0) is 30.3 Å². The number of halogens is 3. The molecule has 0 atom stereocenters. The summed E-state index contributed by atoms with van der Waals surface area (Å²) in [4.78, 5) is 35.5. The monoisotopic (exact) mass is 370 g/mol. The number of nitrogens with one attached hydrogen (secondary N) is 2. The topological polar surface area (TPSA) is 75.3 Å². The second-order valence-electron chi connectivity index (χ2n) is 4.38. The molecule has 8 heteroatoms. The lowest BCUT2D eigenvalue weighted by Crippen LogP contribution is -2.39. The Morgan fingerprint density at radius 2 is 1.43 bits per heavy atom. The molecule has 0 fully saturated rings. The molecule has 3 amide bonds. The Balaban J connectivity index is 2.04. The number of imide groups is 1. The number of hydrogen-bond donors (Lipinski definition) is 2. The molecule has 0 aliphatic rings. The lowest BCUT2D eigenvalue weighted by atomic mass is 10.2. The van der Waals surface area contributed by atoms with Crippen LogP contribution in [-0.2, 0) is 9.59 Å². The van der Waals surface area contributed by atoms with Crippen LogP contribution in [0.25, 0.3) is 0 Å². The third kappa shape index (κ3) is 4.69. The van der Waals surface area contributed by atoms with Crippen LogP contribution in [0.1, 0.15) is 10.4 Å². The van der Waals surface area contributed by atoms with Crippen molar-refractivity contribution >= 4 is 58.2 Å². The van der Waals surface area contributed by atoms with Gasteiger partial charge in [-0.25, -0.2) is 0 Å². The van der Waals surface area contributed by atoms with Crippen molar-refractivity contribution in [1.82, 2.24) is 5.32 Å². The molecule has 0 aliphatic carbocycles. The molecule has 0 aliphatic heterocycles. The van der Waals surface area contributed by atoms with Gasteiger partial charge in [0.1, 0.15) is 0 Å². The van der Waals surface area contributed by atoms with E-state index >= 15 is 0 Å². The van der Waals surface area contributed by atoms with Crippen LogP contribution in [0.2, 0.25) is 15.1 Å². The quantitative estimate of drug-likeness (QED) is 0.793.